The summed E-state index contributed by atoms with van der Waals surface area (Å²) in [7, 11) is -9.76. The van der Waals surface area contributed by atoms with Gasteiger partial charge in [0.2, 0.25) is 0 Å². The number of unbranched alkanes of at least 4 members (excludes halogenated alkanes) is 26. The average Bonchev–Trinajstić information content (AvgIpc) is 3.46. The first-order chi connectivity index (χ1) is 40.2. The summed E-state index contributed by atoms with van der Waals surface area (Å²) in [5.41, 5.74) is 0. The SMILES string of the molecule is CCC/C=C\C/C=C\CCCCCCCC(=O)OCC(COP(=O)(O)OCC(O)COP(=O)(O)OCC(O)COC(=O)CCCCCCC/C=C\C/C=C\C/C=C\C/C=C\CCCCC)OC(=O)CCCCCCCCCCCCCCC. The lowest BCUT2D eigenvalue weighted by molar-refractivity contribution is -0.161. The van der Waals surface area contributed by atoms with Crippen molar-refractivity contribution in [1.82, 2.24) is 0 Å². The molecule has 0 amide bonds. The fraction of sp³-hybridized carbons (Fsp3) is 0.769. The lowest BCUT2D eigenvalue weighted by Gasteiger charge is -2.21. The highest BCUT2D eigenvalue weighted by Gasteiger charge is 2.29. The van der Waals surface area contributed by atoms with Crippen molar-refractivity contribution >= 4 is 33.6 Å². The topological polar surface area (TPSA) is 231 Å². The van der Waals surface area contributed by atoms with Gasteiger partial charge in [0.1, 0.15) is 25.4 Å². The van der Waals surface area contributed by atoms with Gasteiger partial charge in [-0.05, 0) is 89.9 Å². The van der Waals surface area contributed by atoms with E-state index in [9.17, 15) is 43.5 Å². The number of aliphatic hydroxyl groups excluding tert-OH is 2. The molecule has 0 heterocycles. The zero-order chi connectivity index (χ0) is 61.0. The normalized spacial score (nSPS) is 14.8. The summed E-state index contributed by atoms with van der Waals surface area (Å²) in [6.45, 7) is 2.54. The lowest BCUT2D eigenvalue weighted by Crippen LogP contribution is -2.30. The van der Waals surface area contributed by atoms with Gasteiger partial charge in [-0.2, -0.15) is 0 Å². The van der Waals surface area contributed by atoms with Crippen LogP contribution in [0, 0.1) is 0 Å². The Hall–Kier alpha value is -3.01. The second-order valence-corrected chi connectivity index (χ2v) is 24.5. The lowest BCUT2D eigenvalue weighted by atomic mass is 10.0. The Bertz CT molecular complexity index is 1820. The van der Waals surface area contributed by atoms with Crippen LogP contribution in [0.1, 0.15) is 265 Å². The predicted molar refractivity (Wildman–Crippen MR) is 335 cm³/mol. The number of phosphoric ester groups is 2. The maximum absolute atomic E-state index is 12.9. The first-order valence-corrected chi connectivity index (χ1v) is 35.2. The molecule has 0 spiro atoms. The van der Waals surface area contributed by atoms with E-state index in [1.54, 1.807) is 0 Å². The summed E-state index contributed by atoms with van der Waals surface area (Å²) in [5.74, 6) is -1.60. The first-order valence-electron chi connectivity index (χ1n) is 32.2. The monoisotopic (exact) mass is 1210 g/mol. The van der Waals surface area contributed by atoms with Crippen molar-refractivity contribution in [2.45, 2.75) is 283 Å². The Balaban J connectivity index is 4.60. The smallest absolute Gasteiger partial charge is 0.463 e. The van der Waals surface area contributed by atoms with Gasteiger partial charge in [-0.3, -0.25) is 32.5 Å². The van der Waals surface area contributed by atoms with Gasteiger partial charge in [0.25, 0.3) is 0 Å². The van der Waals surface area contributed by atoms with Crippen LogP contribution in [0.2, 0.25) is 0 Å². The van der Waals surface area contributed by atoms with Crippen LogP contribution in [0.25, 0.3) is 0 Å². The molecule has 482 valence electrons. The van der Waals surface area contributed by atoms with Gasteiger partial charge in [-0.1, -0.05) is 229 Å². The highest BCUT2D eigenvalue weighted by Crippen LogP contribution is 2.45. The van der Waals surface area contributed by atoms with E-state index in [4.69, 9.17) is 32.3 Å². The zero-order valence-corrected chi connectivity index (χ0v) is 53.6. The van der Waals surface area contributed by atoms with Crippen molar-refractivity contribution in [3.63, 3.8) is 0 Å². The minimum Gasteiger partial charge on any atom is -0.463 e. The number of phosphoric acid groups is 2. The van der Waals surface area contributed by atoms with E-state index in [1.165, 1.54) is 77.0 Å². The summed E-state index contributed by atoms with van der Waals surface area (Å²) in [5, 5.41) is 20.5. The molecule has 0 saturated heterocycles. The number of aliphatic hydroxyl groups is 2. The molecule has 83 heavy (non-hydrogen) atoms. The van der Waals surface area contributed by atoms with Gasteiger partial charge in [0.05, 0.1) is 26.4 Å². The Labute approximate surface area is 503 Å². The highest BCUT2D eigenvalue weighted by atomic mass is 31.2. The molecule has 4 N–H and O–H groups in total. The number of esters is 3. The summed E-state index contributed by atoms with van der Waals surface area (Å²) in [6.07, 6.45) is 59.6. The van der Waals surface area contributed by atoms with Gasteiger partial charge in [0.15, 0.2) is 6.10 Å². The van der Waals surface area contributed by atoms with Gasteiger partial charge in [0, 0.05) is 19.3 Å². The number of rotatable bonds is 61. The van der Waals surface area contributed by atoms with Crippen molar-refractivity contribution in [3.8, 4) is 0 Å². The summed E-state index contributed by atoms with van der Waals surface area (Å²) in [4.78, 5) is 58.2. The number of hydrogen-bond donors (Lipinski definition) is 4. The van der Waals surface area contributed by atoms with Gasteiger partial charge in [-0.25, -0.2) is 9.13 Å². The molecule has 0 aliphatic heterocycles. The maximum Gasteiger partial charge on any atom is 0.472 e. The van der Waals surface area contributed by atoms with Crippen molar-refractivity contribution in [2.24, 2.45) is 0 Å². The minimum atomic E-state index is -4.92. The van der Waals surface area contributed by atoms with Crippen molar-refractivity contribution < 1.29 is 75.8 Å². The van der Waals surface area contributed by atoms with E-state index in [2.05, 4.69) is 93.7 Å². The van der Waals surface area contributed by atoms with Crippen LogP contribution >= 0.6 is 15.6 Å². The van der Waals surface area contributed by atoms with Crippen molar-refractivity contribution in [1.29, 1.82) is 0 Å². The molecular formula is C65H116O16P2. The number of ether oxygens (including phenoxy) is 3. The van der Waals surface area contributed by atoms with Crippen LogP contribution in [0.4, 0.5) is 0 Å². The molecule has 0 aliphatic carbocycles. The first kappa shape index (κ1) is 80.0. The zero-order valence-electron chi connectivity index (χ0n) is 51.9. The van der Waals surface area contributed by atoms with Crippen LogP contribution in [-0.2, 0) is 55.8 Å². The quantitative estimate of drug-likeness (QED) is 0.0146. The Morgan fingerprint density at radius 2 is 0.627 bits per heavy atom. The molecule has 16 nitrogen and oxygen atoms in total. The van der Waals surface area contributed by atoms with Gasteiger partial charge in [-0.15, -0.1) is 0 Å². The van der Waals surface area contributed by atoms with E-state index >= 15 is 0 Å². The third-order valence-electron chi connectivity index (χ3n) is 13.4. The van der Waals surface area contributed by atoms with E-state index in [1.807, 2.05) is 0 Å². The van der Waals surface area contributed by atoms with Crippen molar-refractivity contribution in [3.05, 3.63) is 72.9 Å². The van der Waals surface area contributed by atoms with Crippen molar-refractivity contribution in [2.75, 3.05) is 39.6 Å². The van der Waals surface area contributed by atoms with E-state index in [-0.39, 0.29) is 19.3 Å². The summed E-state index contributed by atoms with van der Waals surface area (Å²) >= 11 is 0. The third kappa shape index (κ3) is 60.5. The third-order valence-corrected chi connectivity index (χ3v) is 15.3. The number of hydrogen-bond acceptors (Lipinski definition) is 14. The molecule has 0 aromatic heterocycles. The predicted octanol–water partition coefficient (Wildman–Crippen LogP) is 17.2. The van der Waals surface area contributed by atoms with Crippen LogP contribution in [0.3, 0.4) is 0 Å². The summed E-state index contributed by atoms with van der Waals surface area (Å²) in [6, 6.07) is 0. The molecule has 0 aromatic carbocycles. The molecule has 18 heteroatoms. The highest BCUT2D eigenvalue weighted by molar-refractivity contribution is 7.47. The van der Waals surface area contributed by atoms with Crippen LogP contribution in [0.5, 0.6) is 0 Å². The Morgan fingerprint density at radius 1 is 0.337 bits per heavy atom. The molecule has 0 fully saturated rings. The molecule has 0 radical (unpaired) electrons. The molecule has 0 saturated carbocycles. The Morgan fingerprint density at radius 3 is 1.02 bits per heavy atom. The van der Waals surface area contributed by atoms with E-state index < -0.39 is 91.5 Å². The fourth-order valence-electron chi connectivity index (χ4n) is 8.41. The van der Waals surface area contributed by atoms with Gasteiger partial charge >= 0.3 is 33.6 Å². The van der Waals surface area contributed by atoms with Crippen LogP contribution in [-0.4, -0.2) is 95.9 Å². The molecule has 0 aliphatic rings. The Kier molecular flexibility index (Phi) is 57.2. The second-order valence-electron chi connectivity index (χ2n) is 21.6. The minimum absolute atomic E-state index is 0.105. The number of allylic oxidation sites excluding steroid dienone is 12. The van der Waals surface area contributed by atoms with Crippen LogP contribution in [0.15, 0.2) is 72.9 Å². The molecule has 5 unspecified atom stereocenters. The molecule has 0 bridgehead atoms. The molecule has 0 aromatic rings. The number of carbonyl (C=O) groups excluding carboxylic acids is 3. The average molecular weight is 1220 g/mol. The standard InChI is InChI=1S/C65H116O16P2/c1-4-7-10-13-16-19-22-25-26-27-28-29-30-31-32-35-37-39-42-45-48-51-63(68)75-54-60(66)55-77-82(71,72)78-56-61(67)57-79-83(73,74)80-59-62(81-65(70)53-50-47-44-41-38-34-24-21-18-15-12-9-6-3)58-76-64(69)52-49-46-43-40-36-33-23-20-17-14-11-8-5-2/h11,14,16,19-20,23,25-26,28-29,31-32,60-62,66-67H,4-10,12-13,15,17-18,21-22,24,27,30,33-59H2,1-3H3,(H,71,72)(H,73,74)/b14-11-,19-16-,23-20-,26-25-,29-28-,32-31-. The van der Waals surface area contributed by atoms with Crippen LogP contribution < -0.4 is 0 Å². The maximum atomic E-state index is 12.9. The van der Waals surface area contributed by atoms with E-state index in [0.29, 0.717) is 19.3 Å². The molecular weight excluding hydrogens is 1100 g/mol. The van der Waals surface area contributed by atoms with E-state index in [0.717, 1.165) is 128 Å². The number of carbonyl (C=O) groups is 3. The summed E-state index contributed by atoms with van der Waals surface area (Å²) < 4.78 is 60.7. The molecule has 5 atom stereocenters. The van der Waals surface area contributed by atoms with Gasteiger partial charge < -0.3 is 34.2 Å². The second kappa shape index (κ2) is 59.3. The molecule has 0 rings (SSSR count). The fourth-order valence-corrected chi connectivity index (χ4v) is 10.00. The largest absolute Gasteiger partial charge is 0.472 e.